The van der Waals surface area contributed by atoms with Gasteiger partial charge in [0.25, 0.3) is 0 Å². The fourth-order valence-corrected chi connectivity index (χ4v) is 2.05. The zero-order chi connectivity index (χ0) is 13.0. The van der Waals surface area contributed by atoms with Crippen molar-refractivity contribution in [2.75, 3.05) is 19.7 Å². The van der Waals surface area contributed by atoms with Crippen molar-refractivity contribution in [2.24, 2.45) is 5.73 Å². The summed E-state index contributed by atoms with van der Waals surface area (Å²) < 4.78 is 10.4. The number of fused-ring (bicyclic) bond motifs is 1. The maximum Gasteiger partial charge on any atom is 0.404 e. The van der Waals surface area contributed by atoms with E-state index in [0.29, 0.717) is 6.54 Å². The van der Waals surface area contributed by atoms with Crippen LogP contribution in [0.25, 0.3) is 0 Å². The molecule has 1 aliphatic rings. The lowest BCUT2D eigenvalue weighted by Crippen LogP contribution is -2.33. The smallest absolute Gasteiger partial charge is 0.404 e. The molecule has 0 saturated heterocycles. The van der Waals surface area contributed by atoms with Crippen molar-refractivity contribution < 1.29 is 14.3 Å². The first-order chi connectivity index (χ1) is 8.65. The molecule has 2 rings (SSSR count). The molecule has 0 fully saturated rings. The summed E-state index contributed by atoms with van der Waals surface area (Å²) in [7, 11) is 0. The summed E-state index contributed by atoms with van der Waals surface area (Å²) in [6.45, 7) is 3.68. The minimum atomic E-state index is -0.739. The Kier molecular flexibility index (Phi) is 4.04. The van der Waals surface area contributed by atoms with E-state index in [-0.39, 0.29) is 12.7 Å². The Morgan fingerprint density at radius 1 is 1.61 bits per heavy atom. The number of ether oxygens (including phenoxy) is 2. The molecule has 0 bridgehead atoms. The summed E-state index contributed by atoms with van der Waals surface area (Å²) in [4.78, 5) is 10.3. The van der Waals surface area contributed by atoms with Crippen molar-refractivity contribution in [3.63, 3.8) is 0 Å². The molecule has 1 atom stereocenters. The third kappa shape index (κ3) is 3.37. The fourth-order valence-electron chi connectivity index (χ4n) is 2.05. The van der Waals surface area contributed by atoms with Gasteiger partial charge in [0.1, 0.15) is 18.5 Å². The van der Waals surface area contributed by atoms with Gasteiger partial charge in [-0.2, -0.15) is 0 Å². The van der Waals surface area contributed by atoms with Gasteiger partial charge in [0.15, 0.2) is 0 Å². The average molecular weight is 250 g/mol. The molecule has 1 heterocycles. The maximum absolute atomic E-state index is 10.3. The van der Waals surface area contributed by atoms with E-state index in [0.717, 1.165) is 18.7 Å². The van der Waals surface area contributed by atoms with Crippen LogP contribution in [0.2, 0.25) is 0 Å². The molecule has 0 spiro atoms. The van der Waals surface area contributed by atoms with Crippen LogP contribution in [0.5, 0.6) is 5.75 Å². The number of rotatable bonds is 5. The summed E-state index contributed by atoms with van der Waals surface area (Å²) in [6, 6.07) is 6.22. The highest BCUT2D eigenvalue weighted by Gasteiger charge is 2.22. The van der Waals surface area contributed by atoms with E-state index in [1.54, 1.807) is 0 Å². The molecule has 3 N–H and O–H groups in total. The van der Waals surface area contributed by atoms with E-state index in [1.165, 1.54) is 11.1 Å². The van der Waals surface area contributed by atoms with Crippen molar-refractivity contribution in [2.45, 2.75) is 19.4 Å². The van der Waals surface area contributed by atoms with Gasteiger partial charge in [0.05, 0.1) is 0 Å². The lowest BCUT2D eigenvalue weighted by molar-refractivity contribution is 0.155. The normalized spacial score (nSPS) is 17.1. The van der Waals surface area contributed by atoms with E-state index >= 15 is 0 Å². The molecule has 98 valence electrons. The lowest BCUT2D eigenvalue weighted by Gasteiger charge is -2.11. The number of carbonyl (C=O) groups is 1. The number of hydrogen-bond donors (Lipinski definition) is 2. The number of nitrogens with two attached hydrogens (primary N) is 1. The Labute approximate surface area is 106 Å². The fraction of sp³-hybridized carbons (Fsp3) is 0.462. The van der Waals surface area contributed by atoms with Gasteiger partial charge in [-0.05, 0) is 18.6 Å². The zero-order valence-corrected chi connectivity index (χ0v) is 10.4. The Morgan fingerprint density at radius 3 is 3.22 bits per heavy atom. The van der Waals surface area contributed by atoms with Crippen LogP contribution in [0.1, 0.15) is 11.1 Å². The summed E-state index contributed by atoms with van der Waals surface area (Å²) >= 11 is 0. The monoisotopic (exact) mass is 250 g/mol. The molecule has 1 aromatic carbocycles. The SMILES string of the molecule is Cc1ccc2c(c1)CC(CNCCOC(N)=O)O2. The molecule has 5 nitrogen and oxygen atoms in total. The Hall–Kier alpha value is -1.75. The van der Waals surface area contributed by atoms with Crippen LogP contribution in [0.4, 0.5) is 4.79 Å². The van der Waals surface area contributed by atoms with Gasteiger partial charge < -0.3 is 20.5 Å². The number of primary amides is 1. The minimum absolute atomic E-state index is 0.148. The third-order valence-corrected chi connectivity index (χ3v) is 2.85. The number of amides is 1. The molecule has 0 saturated carbocycles. The zero-order valence-electron chi connectivity index (χ0n) is 10.4. The first kappa shape index (κ1) is 12.7. The first-order valence-corrected chi connectivity index (χ1v) is 6.04. The molecule has 0 aromatic heterocycles. The third-order valence-electron chi connectivity index (χ3n) is 2.85. The first-order valence-electron chi connectivity index (χ1n) is 6.04. The molecule has 1 unspecified atom stereocenters. The quantitative estimate of drug-likeness (QED) is 0.764. The number of carbonyl (C=O) groups excluding carboxylic acids is 1. The van der Waals surface area contributed by atoms with Crippen LogP contribution in [0.3, 0.4) is 0 Å². The summed E-state index contributed by atoms with van der Waals surface area (Å²) in [5.41, 5.74) is 7.37. The second-order valence-corrected chi connectivity index (χ2v) is 4.43. The molecule has 0 radical (unpaired) electrons. The van der Waals surface area contributed by atoms with E-state index in [1.807, 2.05) is 6.07 Å². The van der Waals surface area contributed by atoms with E-state index < -0.39 is 6.09 Å². The highest BCUT2D eigenvalue weighted by atomic mass is 16.5. The van der Waals surface area contributed by atoms with Crippen LogP contribution in [-0.4, -0.2) is 31.9 Å². The predicted molar refractivity (Wildman–Crippen MR) is 67.7 cm³/mol. The topological polar surface area (TPSA) is 73.6 Å². The Bertz CT molecular complexity index is 434. The lowest BCUT2D eigenvalue weighted by atomic mass is 10.1. The van der Waals surface area contributed by atoms with Gasteiger partial charge in [-0.1, -0.05) is 17.7 Å². The molecule has 1 amide bonds. The van der Waals surface area contributed by atoms with Gasteiger partial charge in [0.2, 0.25) is 0 Å². The molecule has 0 aliphatic carbocycles. The minimum Gasteiger partial charge on any atom is -0.488 e. The largest absolute Gasteiger partial charge is 0.488 e. The van der Waals surface area contributed by atoms with Crippen molar-refractivity contribution in [3.05, 3.63) is 29.3 Å². The highest BCUT2D eigenvalue weighted by Crippen LogP contribution is 2.29. The molecule has 5 heteroatoms. The van der Waals surface area contributed by atoms with Crippen LogP contribution in [0, 0.1) is 6.92 Å². The van der Waals surface area contributed by atoms with Gasteiger partial charge in [-0.3, -0.25) is 0 Å². The Morgan fingerprint density at radius 2 is 2.44 bits per heavy atom. The van der Waals surface area contributed by atoms with E-state index in [2.05, 4.69) is 29.1 Å². The van der Waals surface area contributed by atoms with E-state index in [9.17, 15) is 4.79 Å². The van der Waals surface area contributed by atoms with Gasteiger partial charge in [-0.15, -0.1) is 0 Å². The highest BCUT2D eigenvalue weighted by molar-refractivity contribution is 5.64. The second kappa shape index (κ2) is 5.73. The molecule has 18 heavy (non-hydrogen) atoms. The standard InChI is InChI=1S/C13H18N2O3/c1-9-2-3-12-10(6-9)7-11(18-12)8-15-4-5-17-13(14)16/h2-3,6,11,15H,4-5,7-8H2,1H3,(H2,14,16). The predicted octanol–water partition coefficient (Wildman–Crippen LogP) is 0.983. The molecular weight excluding hydrogens is 232 g/mol. The van der Waals surface area contributed by atoms with Crippen LogP contribution < -0.4 is 15.8 Å². The average Bonchev–Trinajstić information content (AvgIpc) is 2.70. The number of hydrogen-bond acceptors (Lipinski definition) is 4. The van der Waals surface area contributed by atoms with Crippen LogP contribution in [0.15, 0.2) is 18.2 Å². The number of benzene rings is 1. The molecule has 1 aromatic rings. The van der Waals surface area contributed by atoms with Crippen molar-refractivity contribution >= 4 is 6.09 Å². The second-order valence-electron chi connectivity index (χ2n) is 4.43. The van der Waals surface area contributed by atoms with Crippen molar-refractivity contribution in [1.29, 1.82) is 0 Å². The van der Waals surface area contributed by atoms with Crippen molar-refractivity contribution in [3.8, 4) is 5.75 Å². The summed E-state index contributed by atoms with van der Waals surface area (Å²) in [5.74, 6) is 0.973. The maximum atomic E-state index is 10.3. The summed E-state index contributed by atoms with van der Waals surface area (Å²) in [5, 5.41) is 3.17. The van der Waals surface area contributed by atoms with Gasteiger partial charge in [-0.25, -0.2) is 4.79 Å². The number of nitrogens with one attached hydrogen (secondary N) is 1. The van der Waals surface area contributed by atoms with E-state index in [4.69, 9.17) is 10.5 Å². The molecule has 1 aliphatic heterocycles. The van der Waals surface area contributed by atoms with Crippen LogP contribution >= 0.6 is 0 Å². The molecular formula is C13H18N2O3. The summed E-state index contributed by atoms with van der Waals surface area (Å²) in [6.07, 6.45) is 0.327. The van der Waals surface area contributed by atoms with Crippen LogP contribution in [-0.2, 0) is 11.2 Å². The van der Waals surface area contributed by atoms with Gasteiger partial charge >= 0.3 is 6.09 Å². The Balaban J connectivity index is 1.70. The van der Waals surface area contributed by atoms with Crippen molar-refractivity contribution in [1.82, 2.24) is 5.32 Å². The number of aryl methyl sites for hydroxylation is 1. The van der Waals surface area contributed by atoms with Gasteiger partial charge in [0, 0.05) is 19.5 Å².